The summed E-state index contributed by atoms with van der Waals surface area (Å²) in [5.41, 5.74) is 15.7. The number of rotatable bonds is 5. The SMILES string of the molecule is Cc1cnc(N)cc1-c1c[nH]c(C(=O)N[C@H](CN)c2cccc(Cl)c2)c1.FC1CCCOC1. The predicted octanol–water partition coefficient (Wildman–Crippen LogP) is 4.19. The molecule has 1 fully saturated rings. The number of pyridine rings is 1. The quantitative estimate of drug-likeness (QED) is 0.443. The Labute approximate surface area is 197 Å². The molecule has 0 radical (unpaired) electrons. The molecule has 9 heteroatoms. The van der Waals surface area contributed by atoms with E-state index in [1.807, 2.05) is 19.1 Å². The van der Waals surface area contributed by atoms with Gasteiger partial charge in [0.15, 0.2) is 0 Å². The number of aryl methyl sites for hydroxylation is 1. The Morgan fingerprint density at radius 2 is 2.21 bits per heavy atom. The smallest absolute Gasteiger partial charge is 0.268 e. The third kappa shape index (κ3) is 7.02. The molecule has 1 aromatic carbocycles. The molecule has 0 saturated carbocycles. The van der Waals surface area contributed by atoms with Crippen LogP contribution in [0.2, 0.25) is 5.02 Å². The van der Waals surface area contributed by atoms with Crippen molar-refractivity contribution < 1.29 is 13.9 Å². The van der Waals surface area contributed by atoms with E-state index in [9.17, 15) is 9.18 Å². The molecule has 33 heavy (non-hydrogen) atoms. The zero-order chi connectivity index (χ0) is 23.8. The number of carbonyl (C=O) groups excluding carboxylic acids is 1. The number of aromatic nitrogens is 2. The number of aromatic amines is 1. The zero-order valence-corrected chi connectivity index (χ0v) is 19.2. The van der Waals surface area contributed by atoms with Crippen LogP contribution < -0.4 is 16.8 Å². The minimum atomic E-state index is -0.686. The number of carbonyl (C=O) groups is 1. The third-order valence-electron chi connectivity index (χ3n) is 5.26. The molecule has 7 nitrogen and oxygen atoms in total. The lowest BCUT2D eigenvalue weighted by molar-refractivity contribution is 0.0366. The van der Waals surface area contributed by atoms with Gasteiger partial charge in [0.05, 0.1) is 12.6 Å². The number of amides is 1. The van der Waals surface area contributed by atoms with Gasteiger partial charge in [-0.05, 0) is 60.7 Å². The minimum absolute atomic E-state index is 0.244. The highest BCUT2D eigenvalue weighted by Crippen LogP contribution is 2.25. The summed E-state index contributed by atoms with van der Waals surface area (Å²) in [7, 11) is 0. The van der Waals surface area contributed by atoms with Crippen molar-refractivity contribution in [2.45, 2.75) is 32.0 Å². The van der Waals surface area contributed by atoms with Gasteiger partial charge in [0.25, 0.3) is 5.91 Å². The number of nitrogens with two attached hydrogens (primary N) is 2. The number of nitrogens with zero attached hydrogens (tertiary/aromatic N) is 1. The minimum Gasteiger partial charge on any atom is -0.384 e. The van der Waals surface area contributed by atoms with Crippen LogP contribution in [0.3, 0.4) is 0 Å². The number of hydrogen-bond acceptors (Lipinski definition) is 5. The Hall–Kier alpha value is -2.94. The molecule has 1 aliphatic rings. The number of benzene rings is 1. The fraction of sp³-hybridized carbons (Fsp3) is 0.333. The fourth-order valence-corrected chi connectivity index (χ4v) is 3.67. The largest absolute Gasteiger partial charge is 0.384 e. The molecule has 3 heterocycles. The first-order valence-electron chi connectivity index (χ1n) is 10.8. The second kappa shape index (κ2) is 11.8. The Morgan fingerprint density at radius 3 is 2.85 bits per heavy atom. The van der Waals surface area contributed by atoms with Crippen LogP contribution in [0.1, 0.15) is 40.5 Å². The van der Waals surface area contributed by atoms with Gasteiger partial charge in [-0.3, -0.25) is 4.79 Å². The van der Waals surface area contributed by atoms with Gasteiger partial charge >= 0.3 is 0 Å². The molecule has 1 unspecified atom stereocenters. The first-order chi connectivity index (χ1) is 15.9. The Morgan fingerprint density at radius 1 is 1.39 bits per heavy atom. The molecular formula is C24H29ClFN5O2. The van der Waals surface area contributed by atoms with E-state index in [4.69, 9.17) is 27.8 Å². The van der Waals surface area contributed by atoms with Gasteiger partial charge in [0, 0.05) is 36.1 Å². The summed E-state index contributed by atoms with van der Waals surface area (Å²) >= 11 is 6.02. The average molecular weight is 474 g/mol. The van der Waals surface area contributed by atoms with E-state index in [1.54, 1.807) is 36.7 Å². The highest BCUT2D eigenvalue weighted by molar-refractivity contribution is 6.30. The molecule has 1 aliphatic heterocycles. The number of halogens is 2. The summed E-state index contributed by atoms with van der Waals surface area (Å²) in [6.07, 6.45) is 4.38. The lowest BCUT2D eigenvalue weighted by Crippen LogP contribution is -2.33. The molecule has 6 N–H and O–H groups in total. The first-order valence-corrected chi connectivity index (χ1v) is 11.1. The van der Waals surface area contributed by atoms with Crippen molar-refractivity contribution in [2.75, 3.05) is 25.5 Å². The molecule has 2 atom stereocenters. The van der Waals surface area contributed by atoms with Crippen molar-refractivity contribution >= 4 is 23.3 Å². The summed E-state index contributed by atoms with van der Waals surface area (Å²) in [6, 6.07) is 10.5. The number of alkyl halides is 1. The van der Waals surface area contributed by atoms with Crippen LogP contribution in [0.4, 0.5) is 10.2 Å². The third-order valence-corrected chi connectivity index (χ3v) is 5.49. The summed E-state index contributed by atoms with van der Waals surface area (Å²) in [4.78, 5) is 19.7. The predicted molar refractivity (Wildman–Crippen MR) is 129 cm³/mol. The van der Waals surface area contributed by atoms with E-state index in [-0.39, 0.29) is 18.5 Å². The van der Waals surface area contributed by atoms with Crippen LogP contribution in [0.25, 0.3) is 11.1 Å². The topological polar surface area (TPSA) is 119 Å². The summed E-state index contributed by atoms with van der Waals surface area (Å²) in [6.45, 7) is 3.28. The Bertz CT molecular complexity index is 1070. The number of anilines is 1. The normalized spacial score (nSPS) is 16.4. The molecular weight excluding hydrogens is 445 g/mol. The van der Waals surface area contributed by atoms with Crippen LogP contribution >= 0.6 is 11.6 Å². The number of H-pyrrole nitrogens is 1. The number of nitrogen functional groups attached to an aromatic ring is 1. The van der Waals surface area contributed by atoms with E-state index in [0.29, 0.717) is 29.6 Å². The van der Waals surface area contributed by atoms with E-state index in [0.717, 1.165) is 35.3 Å². The van der Waals surface area contributed by atoms with Crippen molar-refractivity contribution in [3.63, 3.8) is 0 Å². The fourth-order valence-electron chi connectivity index (χ4n) is 3.47. The molecule has 3 aromatic rings. The van der Waals surface area contributed by atoms with E-state index >= 15 is 0 Å². The van der Waals surface area contributed by atoms with Crippen molar-refractivity contribution in [3.8, 4) is 11.1 Å². The van der Waals surface area contributed by atoms with Gasteiger partial charge in [-0.2, -0.15) is 0 Å². The molecule has 1 saturated heterocycles. The van der Waals surface area contributed by atoms with Crippen LogP contribution in [0.15, 0.2) is 48.8 Å². The average Bonchev–Trinajstić information content (AvgIpc) is 3.30. The number of nitrogens with one attached hydrogen (secondary N) is 2. The molecule has 176 valence electrons. The van der Waals surface area contributed by atoms with Crippen LogP contribution in [0.5, 0.6) is 0 Å². The Kier molecular flexibility index (Phi) is 8.82. The molecule has 0 aliphatic carbocycles. The standard InChI is InChI=1S/C19H20ClN5O.C5H9FO/c1-11-9-24-18(22)7-15(11)13-6-16(23-10-13)19(26)25-17(8-21)12-3-2-4-14(20)5-12;6-5-2-1-3-7-4-5/h2-7,9-10,17,23H,8,21H2,1H3,(H2,22,24)(H,25,26);5H,1-4H2/t17-;/m1./s1. The molecule has 1 amide bonds. The van der Waals surface area contributed by atoms with Gasteiger partial charge in [-0.1, -0.05) is 23.7 Å². The van der Waals surface area contributed by atoms with E-state index < -0.39 is 6.17 Å². The van der Waals surface area contributed by atoms with Crippen molar-refractivity contribution in [1.29, 1.82) is 0 Å². The lowest BCUT2D eigenvalue weighted by atomic mass is 10.0. The highest BCUT2D eigenvalue weighted by Gasteiger charge is 2.17. The maximum Gasteiger partial charge on any atom is 0.268 e. The summed E-state index contributed by atoms with van der Waals surface area (Å²) < 4.78 is 16.9. The molecule has 0 spiro atoms. The monoisotopic (exact) mass is 473 g/mol. The molecule has 0 bridgehead atoms. The van der Waals surface area contributed by atoms with Crippen molar-refractivity contribution in [3.05, 3.63) is 70.6 Å². The zero-order valence-electron chi connectivity index (χ0n) is 18.5. The molecule has 4 rings (SSSR count). The van der Waals surface area contributed by atoms with E-state index in [2.05, 4.69) is 15.3 Å². The maximum absolute atomic E-state index is 12.6. The van der Waals surface area contributed by atoms with Gasteiger partial charge in [-0.25, -0.2) is 9.37 Å². The van der Waals surface area contributed by atoms with Gasteiger partial charge in [0.1, 0.15) is 17.7 Å². The van der Waals surface area contributed by atoms with Gasteiger partial charge in [0.2, 0.25) is 0 Å². The second-order valence-corrected chi connectivity index (χ2v) is 8.29. The van der Waals surface area contributed by atoms with Crippen molar-refractivity contribution in [1.82, 2.24) is 15.3 Å². The lowest BCUT2D eigenvalue weighted by Gasteiger charge is -2.17. The summed E-state index contributed by atoms with van der Waals surface area (Å²) in [5, 5.41) is 3.53. The summed E-state index contributed by atoms with van der Waals surface area (Å²) in [5.74, 6) is 0.188. The molecule has 2 aromatic heterocycles. The maximum atomic E-state index is 12.6. The Balaban J connectivity index is 0.000000374. The van der Waals surface area contributed by atoms with Gasteiger partial charge < -0.3 is 26.5 Å². The van der Waals surface area contributed by atoms with Crippen LogP contribution in [0, 0.1) is 6.92 Å². The number of ether oxygens (including phenoxy) is 1. The van der Waals surface area contributed by atoms with Gasteiger partial charge in [-0.15, -0.1) is 0 Å². The first kappa shape index (κ1) is 24.7. The number of hydrogen-bond donors (Lipinski definition) is 4. The van der Waals surface area contributed by atoms with Crippen LogP contribution in [-0.2, 0) is 4.74 Å². The second-order valence-electron chi connectivity index (χ2n) is 7.86. The van der Waals surface area contributed by atoms with Crippen molar-refractivity contribution in [2.24, 2.45) is 5.73 Å². The van der Waals surface area contributed by atoms with Crippen LogP contribution in [-0.4, -0.2) is 41.8 Å². The highest BCUT2D eigenvalue weighted by atomic mass is 35.5. The van der Waals surface area contributed by atoms with E-state index in [1.165, 1.54) is 0 Å².